The number of hydrogen-bond donors (Lipinski definition) is 2. The molecule has 2 amide bonds. The number of amides is 2. The van der Waals surface area contributed by atoms with E-state index in [2.05, 4.69) is 19.2 Å². The number of nitrogens with two attached hydrogens (primary N) is 1. The van der Waals surface area contributed by atoms with Crippen LogP contribution < -0.4 is 11.1 Å². The summed E-state index contributed by atoms with van der Waals surface area (Å²) in [7, 11) is 0. The fraction of sp³-hybridized carbons (Fsp3) is 0.429. The molecule has 1 aromatic carbocycles. The van der Waals surface area contributed by atoms with Crippen molar-refractivity contribution in [3.05, 3.63) is 29.3 Å². The van der Waals surface area contributed by atoms with Gasteiger partial charge in [-0.1, -0.05) is 32.0 Å². The number of benzene rings is 1. The van der Waals surface area contributed by atoms with Crippen LogP contribution in [0.4, 0.5) is 5.69 Å². The zero-order chi connectivity index (χ0) is 13.7. The van der Waals surface area contributed by atoms with E-state index in [9.17, 15) is 9.59 Å². The van der Waals surface area contributed by atoms with E-state index < -0.39 is 5.91 Å². The van der Waals surface area contributed by atoms with Crippen molar-refractivity contribution in [2.75, 3.05) is 5.32 Å². The third-order valence-corrected chi connectivity index (χ3v) is 2.79. The molecular formula is C14H20N2O2. The lowest BCUT2D eigenvalue weighted by atomic mass is 9.98. The van der Waals surface area contributed by atoms with Crippen LogP contribution >= 0.6 is 0 Å². The lowest BCUT2D eigenvalue weighted by Gasteiger charge is -2.16. The molecule has 0 radical (unpaired) electrons. The monoisotopic (exact) mass is 248 g/mol. The predicted octanol–water partition coefficient (Wildman–Crippen LogP) is 2.32. The number of aryl methyl sites for hydroxylation is 1. The van der Waals surface area contributed by atoms with Crippen molar-refractivity contribution in [1.29, 1.82) is 0 Å². The van der Waals surface area contributed by atoms with Gasteiger partial charge in [0.1, 0.15) is 0 Å². The molecule has 0 aliphatic heterocycles. The summed E-state index contributed by atoms with van der Waals surface area (Å²) in [5.74, 6) is -0.305. The Morgan fingerprint density at radius 1 is 1.28 bits per heavy atom. The lowest BCUT2D eigenvalue weighted by molar-refractivity contribution is -0.122. The molecule has 4 heteroatoms. The van der Waals surface area contributed by atoms with E-state index in [1.165, 1.54) is 0 Å². The third-order valence-electron chi connectivity index (χ3n) is 2.79. The van der Waals surface area contributed by atoms with Crippen molar-refractivity contribution in [2.24, 2.45) is 5.73 Å². The summed E-state index contributed by atoms with van der Waals surface area (Å²) < 4.78 is 0. The maximum atomic E-state index is 11.7. The first-order valence-corrected chi connectivity index (χ1v) is 6.09. The van der Waals surface area contributed by atoms with E-state index in [0.29, 0.717) is 5.92 Å². The third kappa shape index (κ3) is 3.87. The molecule has 0 aliphatic rings. The van der Waals surface area contributed by atoms with Crippen molar-refractivity contribution < 1.29 is 9.59 Å². The second-order valence-corrected chi connectivity index (χ2v) is 4.71. The van der Waals surface area contributed by atoms with Crippen molar-refractivity contribution >= 4 is 17.5 Å². The second kappa shape index (κ2) is 6.19. The molecule has 0 atom stereocenters. The number of carbonyl (C=O) groups is 2. The molecule has 0 aromatic heterocycles. The predicted molar refractivity (Wildman–Crippen MR) is 72.3 cm³/mol. The minimum Gasteiger partial charge on any atom is -0.370 e. The van der Waals surface area contributed by atoms with Crippen LogP contribution in [0.25, 0.3) is 0 Å². The largest absolute Gasteiger partial charge is 0.370 e. The molecule has 0 aliphatic carbocycles. The molecule has 0 fully saturated rings. The molecule has 3 N–H and O–H groups in total. The Balaban J connectivity index is 2.83. The van der Waals surface area contributed by atoms with E-state index in [4.69, 9.17) is 5.73 Å². The highest BCUT2D eigenvalue weighted by molar-refractivity contribution is 5.94. The minimum absolute atomic E-state index is 0.0781. The van der Waals surface area contributed by atoms with Gasteiger partial charge in [-0.3, -0.25) is 9.59 Å². The molecule has 0 saturated carbocycles. The van der Waals surface area contributed by atoms with Gasteiger partial charge in [0.2, 0.25) is 11.8 Å². The zero-order valence-electron chi connectivity index (χ0n) is 11.1. The number of para-hydroxylation sites is 1. The van der Waals surface area contributed by atoms with Gasteiger partial charge in [-0.2, -0.15) is 0 Å². The van der Waals surface area contributed by atoms with Crippen LogP contribution in [-0.4, -0.2) is 11.8 Å². The normalized spacial score (nSPS) is 10.4. The van der Waals surface area contributed by atoms with Gasteiger partial charge >= 0.3 is 0 Å². The van der Waals surface area contributed by atoms with Crippen molar-refractivity contribution in [2.45, 2.75) is 39.5 Å². The van der Waals surface area contributed by atoms with Gasteiger partial charge in [-0.05, 0) is 24.0 Å². The van der Waals surface area contributed by atoms with E-state index in [-0.39, 0.29) is 18.7 Å². The van der Waals surface area contributed by atoms with Crippen molar-refractivity contribution in [1.82, 2.24) is 0 Å². The van der Waals surface area contributed by atoms with Gasteiger partial charge in [0.15, 0.2) is 0 Å². The van der Waals surface area contributed by atoms with Crippen LogP contribution in [0.3, 0.4) is 0 Å². The van der Waals surface area contributed by atoms with Crippen LogP contribution in [-0.2, 0) is 9.59 Å². The summed E-state index contributed by atoms with van der Waals surface area (Å²) in [4.78, 5) is 22.4. The lowest BCUT2D eigenvalue weighted by Crippen LogP contribution is -2.18. The first kappa shape index (κ1) is 14.2. The molecule has 0 saturated heterocycles. The number of primary amides is 1. The summed E-state index contributed by atoms with van der Waals surface area (Å²) in [6, 6.07) is 5.93. The number of hydrogen-bond acceptors (Lipinski definition) is 2. The fourth-order valence-electron chi connectivity index (χ4n) is 1.78. The Morgan fingerprint density at radius 3 is 2.50 bits per heavy atom. The fourth-order valence-corrected chi connectivity index (χ4v) is 1.78. The number of anilines is 1. The highest BCUT2D eigenvalue weighted by Gasteiger charge is 2.12. The number of nitrogens with one attached hydrogen (secondary N) is 1. The first-order valence-electron chi connectivity index (χ1n) is 6.09. The topological polar surface area (TPSA) is 72.2 Å². The molecule has 0 unspecified atom stereocenters. The Morgan fingerprint density at radius 2 is 1.94 bits per heavy atom. The van der Waals surface area contributed by atoms with Crippen LogP contribution in [0.5, 0.6) is 0 Å². The Bertz CT molecular complexity index is 453. The standard InChI is InChI=1S/C14H20N2O2/c1-9(2)11-6-4-5-10(3)14(11)16-13(18)8-7-12(15)17/h4-6,9H,7-8H2,1-3H3,(H2,15,17)(H,16,18). The number of rotatable bonds is 5. The number of carbonyl (C=O) groups excluding carboxylic acids is 2. The summed E-state index contributed by atoms with van der Waals surface area (Å²) >= 11 is 0. The summed E-state index contributed by atoms with van der Waals surface area (Å²) in [5, 5.41) is 2.87. The molecule has 0 bridgehead atoms. The van der Waals surface area contributed by atoms with E-state index in [0.717, 1.165) is 16.8 Å². The first-order chi connectivity index (χ1) is 8.41. The van der Waals surface area contributed by atoms with Crippen LogP contribution in [0.2, 0.25) is 0 Å². The summed E-state index contributed by atoms with van der Waals surface area (Å²) in [5.41, 5.74) is 7.99. The molecule has 1 aromatic rings. The Hall–Kier alpha value is -1.84. The quantitative estimate of drug-likeness (QED) is 0.839. The highest BCUT2D eigenvalue weighted by Crippen LogP contribution is 2.27. The van der Waals surface area contributed by atoms with Gasteiger partial charge in [0, 0.05) is 18.5 Å². The highest BCUT2D eigenvalue weighted by atomic mass is 16.2. The van der Waals surface area contributed by atoms with Gasteiger partial charge < -0.3 is 11.1 Å². The smallest absolute Gasteiger partial charge is 0.224 e. The SMILES string of the molecule is Cc1cccc(C(C)C)c1NC(=O)CCC(N)=O. The van der Waals surface area contributed by atoms with E-state index in [1.54, 1.807) is 0 Å². The zero-order valence-corrected chi connectivity index (χ0v) is 11.1. The molecular weight excluding hydrogens is 228 g/mol. The average Bonchev–Trinajstić information content (AvgIpc) is 2.28. The van der Waals surface area contributed by atoms with Crippen molar-refractivity contribution in [3.63, 3.8) is 0 Å². The van der Waals surface area contributed by atoms with Gasteiger partial charge in [0.05, 0.1) is 0 Å². The second-order valence-electron chi connectivity index (χ2n) is 4.71. The summed E-state index contributed by atoms with van der Waals surface area (Å²) in [6.45, 7) is 6.11. The van der Waals surface area contributed by atoms with Gasteiger partial charge in [-0.15, -0.1) is 0 Å². The maximum absolute atomic E-state index is 11.7. The molecule has 0 heterocycles. The van der Waals surface area contributed by atoms with Gasteiger partial charge in [-0.25, -0.2) is 0 Å². The molecule has 98 valence electrons. The van der Waals surface area contributed by atoms with E-state index in [1.807, 2.05) is 25.1 Å². The van der Waals surface area contributed by atoms with Crippen LogP contribution in [0, 0.1) is 6.92 Å². The van der Waals surface area contributed by atoms with E-state index >= 15 is 0 Å². The van der Waals surface area contributed by atoms with Crippen LogP contribution in [0.1, 0.15) is 43.7 Å². The maximum Gasteiger partial charge on any atom is 0.224 e. The molecule has 4 nitrogen and oxygen atoms in total. The Labute approximate surface area is 108 Å². The Kier molecular flexibility index (Phi) is 4.89. The summed E-state index contributed by atoms with van der Waals surface area (Å²) in [6.07, 6.45) is 0.204. The molecule has 18 heavy (non-hydrogen) atoms. The average molecular weight is 248 g/mol. The molecule has 0 spiro atoms. The minimum atomic E-state index is -0.459. The van der Waals surface area contributed by atoms with Crippen molar-refractivity contribution in [3.8, 4) is 0 Å². The van der Waals surface area contributed by atoms with Crippen LogP contribution in [0.15, 0.2) is 18.2 Å². The van der Waals surface area contributed by atoms with Gasteiger partial charge in [0.25, 0.3) is 0 Å². The molecule has 1 rings (SSSR count).